The molecule has 6 nitrogen and oxygen atoms in total. The Morgan fingerprint density at radius 3 is 2.65 bits per heavy atom. The molecule has 1 aliphatic heterocycles. The van der Waals surface area contributed by atoms with Crippen LogP contribution in [0.1, 0.15) is 58.8 Å². The van der Waals surface area contributed by atoms with Crippen molar-refractivity contribution < 1.29 is 14.0 Å². The summed E-state index contributed by atoms with van der Waals surface area (Å²) in [4.78, 5) is 4.32. The van der Waals surface area contributed by atoms with E-state index in [1.807, 2.05) is 6.92 Å². The molecule has 2 rings (SSSR count). The van der Waals surface area contributed by atoms with Gasteiger partial charge in [-0.3, -0.25) is 0 Å². The summed E-state index contributed by atoms with van der Waals surface area (Å²) in [7, 11) is 1.61. The Labute approximate surface area is 120 Å². The van der Waals surface area contributed by atoms with Crippen molar-refractivity contribution in [3.8, 4) is 0 Å². The Kier molecular flexibility index (Phi) is 4.18. The average molecular weight is 283 g/mol. The quantitative estimate of drug-likeness (QED) is 0.893. The van der Waals surface area contributed by atoms with Crippen LogP contribution in [-0.4, -0.2) is 34.5 Å². The first-order chi connectivity index (χ1) is 9.23. The average Bonchev–Trinajstić information content (AvgIpc) is 2.82. The van der Waals surface area contributed by atoms with E-state index < -0.39 is 0 Å². The predicted octanol–water partition coefficient (Wildman–Crippen LogP) is 2.21. The maximum absolute atomic E-state index is 6.08. The highest BCUT2D eigenvalue weighted by molar-refractivity contribution is 5.01. The number of ether oxygens (including phenoxy) is 2. The number of methoxy groups -OCH3 is 1. The molecule has 6 heteroatoms. The number of rotatable bonds is 5. The zero-order valence-corrected chi connectivity index (χ0v) is 13.2. The second-order valence-corrected chi connectivity index (χ2v) is 6.59. The molecule has 2 atom stereocenters. The third-order valence-electron chi connectivity index (χ3n) is 3.65. The van der Waals surface area contributed by atoms with E-state index in [9.17, 15) is 0 Å². The van der Waals surface area contributed by atoms with Crippen LogP contribution in [0.5, 0.6) is 0 Å². The van der Waals surface area contributed by atoms with Crippen molar-refractivity contribution in [3.63, 3.8) is 0 Å². The maximum atomic E-state index is 6.08. The minimum atomic E-state index is -0.215. The van der Waals surface area contributed by atoms with Crippen LogP contribution in [0.3, 0.4) is 0 Å². The molecule has 1 aromatic rings. The largest absolute Gasteiger partial charge is 0.377 e. The van der Waals surface area contributed by atoms with Crippen molar-refractivity contribution >= 4 is 0 Å². The summed E-state index contributed by atoms with van der Waals surface area (Å²) >= 11 is 0. The maximum Gasteiger partial charge on any atom is 0.243 e. The summed E-state index contributed by atoms with van der Waals surface area (Å²) in [5.41, 5.74) is -0.329. The second-order valence-electron chi connectivity index (χ2n) is 6.59. The van der Waals surface area contributed by atoms with E-state index >= 15 is 0 Å². The van der Waals surface area contributed by atoms with E-state index in [0.29, 0.717) is 18.3 Å². The lowest BCUT2D eigenvalue weighted by Gasteiger charge is -2.29. The van der Waals surface area contributed by atoms with Crippen molar-refractivity contribution in [2.75, 3.05) is 7.11 Å². The molecular weight excluding hydrogens is 258 g/mol. The van der Waals surface area contributed by atoms with Gasteiger partial charge in [0, 0.05) is 13.2 Å². The minimum absolute atomic E-state index is 0.0186. The van der Waals surface area contributed by atoms with Crippen LogP contribution >= 0.6 is 0 Å². The molecule has 1 aromatic heterocycles. The first-order valence-electron chi connectivity index (χ1n) is 7.01. The number of nitrogens with zero attached hydrogens (tertiary/aromatic N) is 2. The van der Waals surface area contributed by atoms with Gasteiger partial charge in [0.05, 0.1) is 17.2 Å². The highest BCUT2D eigenvalue weighted by Gasteiger charge is 2.46. The topological polar surface area (TPSA) is 69.4 Å². The highest BCUT2D eigenvalue weighted by atomic mass is 16.5. The van der Waals surface area contributed by atoms with E-state index in [2.05, 4.69) is 43.2 Å². The number of hydrogen-bond acceptors (Lipinski definition) is 6. The van der Waals surface area contributed by atoms with Gasteiger partial charge in [0.15, 0.2) is 5.82 Å². The van der Waals surface area contributed by atoms with Crippen molar-refractivity contribution in [1.29, 1.82) is 0 Å². The zero-order chi connectivity index (χ0) is 15.0. The molecule has 0 unspecified atom stereocenters. The van der Waals surface area contributed by atoms with Crippen LogP contribution in [0.2, 0.25) is 0 Å². The molecule has 0 aliphatic carbocycles. The van der Waals surface area contributed by atoms with Crippen LogP contribution < -0.4 is 5.32 Å². The fourth-order valence-corrected chi connectivity index (χ4v) is 2.83. The lowest BCUT2D eigenvalue weighted by atomic mass is 9.94. The normalized spacial score (nSPS) is 25.8. The van der Waals surface area contributed by atoms with Crippen molar-refractivity contribution in [2.45, 2.75) is 70.9 Å². The van der Waals surface area contributed by atoms with Crippen LogP contribution in [0.15, 0.2) is 4.52 Å². The van der Waals surface area contributed by atoms with Gasteiger partial charge >= 0.3 is 0 Å². The monoisotopic (exact) mass is 283 g/mol. The van der Waals surface area contributed by atoms with Gasteiger partial charge in [-0.1, -0.05) is 5.16 Å². The molecule has 1 N–H and O–H groups in total. The zero-order valence-electron chi connectivity index (χ0n) is 13.2. The molecule has 0 radical (unpaired) electrons. The third kappa shape index (κ3) is 3.37. The Bertz CT molecular complexity index is 456. The van der Waals surface area contributed by atoms with Gasteiger partial charge in [-0.25, -0.2) is 0 Å². The molecule has 0 bridgehead atoms. The fraction of sp³-hybridized carbons (Fsp3) is 0.857. The molecule has 0 spiro atoms. The first-order valence-corrected chi connectivity index (χ1v) is 7.01. The molecule has 2 heterocycles. The predicted molar refractivity (Wildman–Crippen MR) is 74.2 cm³/mol. The highest BCUT2D eigenvalue weighted by Crippen LogP contribution is 2.38. The van der Waals surface area contributed by atoms with Crippen molar-refractivity contribution in [2.24, 2.45) is 0 Å². The van der Waals surface area contributed by atoms with Gasteiger partial charge in [-0.05, 0) is 41.0 Å². The molecule has 1 aliphatic rings. The lowest BCUT2D eigenvalue weighted by Crippen LogP contribution is -2.44. The SMILES string of the molecule is COCc1noc([C@@H](C)N[C@@H]2CC(C)(C)OC2(C)C)n1. The molecule has 0 amide bonds. The molecular formula is C14H25N3O3. The molecule has 0 aromatic carbocycles. The Morgan fingerprint density at radius 1 is 1.40 bits per heavy atom. The Hall–Kier alpha value is -0.980. The second kappa shape index (κ2) is 5.42. The standard InChI is InChI=1S/C14H25N3O3/c1-9(12-16-11(8-18-6)17-19-12)15-10-7-13(2,3)20-14(10,4)5/h9-10,15H,7-8H2,1-6H3/t9-,10-/m1/s1. The van der Waals surface area contributed by atoms with Crippen LogP contribution in [0.25, 0.3) is 0 Å². The van der Waals surface area contributed by atoms with Gasteiger partial charge in [-0.15, -0.1) is 0 Å². The summed E-state index contributed by atoms with van der Waals surface area (Å²) < 4.78 is 16.3. The van der Waals surface area contributed by atoms with Crippen LogP contribution in [0.4, 0.5) is 0 Å². The fourth-order valence-electron chi connectivity index (χ4n) is 2.83. The lowest BCUT2D eigenvalue weighted by molar-refractivity contribution is -0.0705. The first kappa shape index (κ1) is 15.4. The van der Waals surface area contributed by atoms with Crippen LogP contribution in [0, 0.1) is 0 Å². The van der Waals surface area contributed by atoms with E-state index in [4.69, 9.17) is 14.0 Å². The summed E-state index contributed by atoms with van der Waals surface area (Å²) in [5, 5.41) is 7.42. The van der Waals surface area contributed by atoms with Gasteiger partial charge in [0.1, 0.15) is 6.61 Å². The summed E-state index contributed by atoms with van der Waals surface area (Å²) in [6, 6.07) is 0.222. The number of aromatic nitrogens is 2. The molecule has 1 saturated heterocycles. The van der Waals surface area contributed by atoms with Gasteiger partial charge in [-0.2, -0.15) is 4.98 Å². The van der Waals surface area contributed by atoms with Gasteiger partial charge in [0.25, 0.3) is 0 Å². The third-order valence-corrected chi connectivity index (χ3v) is 3.65. The van der Waals surface area contributed by atoms with Crippen molar-refractivity contribution in [1.82, 2.24) is 15.5 Å². The minimum Gasteiger partial charge on any atom is -0.377 e. The van der Waals surface area contributed by atoms with Crippen LogP contribution in [-0.2, 0) is 16.1 Å². The van der Waals surface area contributed by atoms with Gasteiger partial charge in [0.2, 0.25) is 5.89 Å². The van der Waals surface area contributed by atoms with E-state index in [0.717, 1.165) is 6.42 Å². The number of nitrogens with one attached hydrogen (secondary N) is 1. The van der Waals surface area contributed by atoms with E-state index in [-0.39, 0.29) is 23.3 Å². The summed E-state index contributed by atoms with van der Waals surface area (Å²) in [6.07, 6.45) is 0.948. The van der Waals surface area contributed by atoms with Gasteiger partial charge < -0.3 is 19.3 Å². The summed E-state index contributed by atoms with van der Waals surface area (Å²) in [6.45, 7) is 10.8. The van der Waals surface area contributed by atoms with E-state index in [1.54, 1.807) is 7.11 Å². The molecule has 0 saturated carbocycles. The molecule has 114 valence electrons. The number of hydrogen-bond donors (Lipinski definition) is 1. The Balaban J connectivity index is 2.02. The molecule has 20 heavy (non-hydrogen) atoms. The summed E-state index contributed by atoms with van der Waals surface area (Å²) in [5.74, 6) is 1.15. The van der Waals surface area contributed by atoms with Crippen molar-refractivity contribution in [3.05, 3.63) is 11.7 Å². The Morgan fingerprint density at radius 2 is 2.10 bits per heavy atom. The smallest absolute Gasteiger partial charge is 0.243 e. The molecule has 1 fully saturated rings. The van der Waals surface area contributed by atoms with E-state index in [1.165, 1.54) is 0 Å².